The number of aryl methyl sites for hydroxylation is 1. The van der Waals surface area contributed by atoms with Crippen LogP contribution in [-0.4, -0.2) is 15.9 Å². The predicted octanol–water partition coefficient (Wildman–Crippen LogP) is 6.19. The summed E-state index contributed by atoms with van der Waals surface area (Å²) in [5.41, 5.74) is 11.6. The smallest absolute Gasteiger partial charge is 0.255 e. The van der Waals surface area contributed by atoms with E-state index in [4.69, 9.17) is 5.73 Å². The molecule has 0 aliphatic carbocycles. The minimum absolute atomic E-state index is 0.232. The summed E-state index contributed by atoms with van der Waals surface area (Å²) in [5, 5.41) is 8.12. The molecule has 6 nitrogen and oxygen atoms in total. The lowest BCUT2D eigenvalue weighted by Crippen LogP contribution is -2.13. The molecule has 0 saturated carbocycles. The number of benzene rings is 3. The van der Waals surface area contributed by atoms with E-state index in [9.17, 15) is 9.18 Å². The molecular formula is C26H22FN5OS. The van der Waals surface area contributed by atoms with Crippen LogP contribution in [0.15, 0.2) is 72.1 Å². The van der Waals surface area contributed by atoms with E-state index in [2.05, 4.69) is 20.6 Å². The lowest BCUT2D eigenvalue weighted by molar-refractivity contribution is 0.102. The summed E-state index contributed by atoms with van der Waals surface area (Å²) in [6.07, 6.45) is 0. The number of imidazole rings is 1. The Hall–Kier alpha value is -4.17. The second kappa shape index (κ2) is 8.99. The van der Waals surface area contributed by atoms with Crippen LogP contribution in [0, 0.1) is 12.7 Å². The molecular weight excluding hydrogens is 449 g/mol. The molecule has 0 fully saturated rings. The molecule has 3 aromatic carbocycles. The number of aromatic nitrogens is 2. The monoisotopic (exact) mass is 471 g/mol. The lowest BCUT2D eigenvalue weighted by atomic mass is 10.1. The Kier molecular flexibility index (Phi) is 5.73. The fourth-order valence-corrected chi connectivity index (χ4v) is 4.36. The van der Waals surface area contributed by atoms with Crippen molar-refractivity contribution < 1.29 is 9.18 Å². The molecule has 0 unspecified atom stereocenters. The molecule has 0 aliphatic rings. The number of carbonyl (C=O) groups excluding carboxylic acids is 1. The Labute approximate surface area is 199 Å². The number of hydrogen-bond acceptors (Lipinski definition) is 5. The second-order valence-corrected chi connectivity index (χ2v) is 8.94. The first-order valence-electron chi connectivity index (χ1n) is 10.7. The number of carbonyl (C=O) groups is 1. The van der Waals surface area contributed by atoms with Crippen molar-refractivity contribution in [2.45, 2.75) is 13.5 Å². The van der Waals surface area contributed by atoms with E-state index < -0.39 is 0 Å². The van der Waals surface area contributed by atoms with Gasteiger partial charge in [-0.3, -0.25) is 4.79 Å². The van der Waals surface area contributed by atoms with Gasteiger partial charge < -0.3 is 21.4 Å². The third-order valence-corrected chi connectivity index (χ3v) is 6.46. The molecule has 0 aliphatic heterocycles. The van der Waals surface area contributed by atoms with Crippen molar-refractivity contribution in [1.29, 1.82) is 0 Å². The SMILES string of the molecule is Cc1cc2[nH]c(NCc3ccc(C(=O)Nc4cc(-c5cccs5)ccc4N)cc3)nc2cc1F. The Balaban J connectivity index is 1.24. The standard InChI is InChI=1S/C26H22FN5OS/c1-15-11-22-23(13-19(15)27)32-26(31-22)29-14-16-4-6-17(7-5-16)25(33)30-21-12-18(8-9-20(21)28)24-3-2-10-34-24/h2-13H,14,28H2,1H3,(H,30,33)(H2,29,31,32). The summed E-state index contributed by atoms with van der Waals surface area (Å²) in [6.45, 7) is 2.22. The number of H-pyrrole nitrogens is 1. The molecule has 34 heavy (non-hydrogen) atoms. The van der Waals surface area contributed by atoms with Gasteiger partial charge in [0.15, 0.2) is 0 Å². The summed E-state index contributed by atoms with van der Waals surface area (Å²) < 4.78 is 13.7. The molecule has 1 amide bonds. The number of amides is 1. The summed E-state index contributed by atoms with van der Waals surface area (Å²) in [5.74, 6) is 0.0477. The third kappa shape index (κ3) is 4.49. The van der Waals surface area contributed by atoms with Crippen LogP contribution in [0.1, 0.15) is 21.5 Å². The van der Waals surface area contributed by atoms with E-state index in [1.54, 1.807) is 42.5 Å². The van der Waals surface area contributed by atoms with Crippen molar-refractivity contribution in [3.05, 3.63) is 94.6 Å². The van der Waals surface area contributed by atoms with Gasteiger partial charge in [-0.1, -0.05) is 24.3 Å². The van der Waals surface area contributed by atoms with Crippen LogP contribution < -0.4 is 16.4 Å². The number of thiophene rings is 1. The molecule has 170 valence electrons. The second-order valence-electron chi connectivity index (χ2n) is 7.99. The zero-order valence-corrected chi connectivity index (χ0v) is 19.2. The maximum absolute atomic E-state index is 13.7. The van der Waals surface area contributed by atoms with E-state index in [0.717, 1.165) is 21.5 Å². The van der Waals surface area contributed by atoms with Crippen molar-refractivity contribution >= 4 is 45.6 Å². The third-order valence-electron chi connectivity index (χ3n) is 5.55. The number of hydrogen-bond donors (Lipinski definition) is 4. The molecule has 0 spiro atoms. The van der Waals surface area contributed by atoms with Crippen LogP contribution >= 0.6 is 11.3 Å². The van der Waals surface area contributed by atoms with Gasteiger partial charge in [0.25, 0.3) is 5.91 Å². The van der Waals surface area contributed by atoms with Gasteiger partial charge in [-0.25, -0.2) is 9.37 Å². The van der Waals surface area contributed by atoms with Crippen molar-refractivity contribution in [3.8, 4) is 10.4 Å². The van der Waals surface area contributed by atoms with E-state index >= 15 is 0 Å². The van der Waals surface area contributed by atoms with Crippen LogP contribution in [0.4, 0.5) is 21.7 Å². The molecule has 0 radical (unpaired) electrons. The lowest BCUT2D eigenvalue weighted by Gasteiger charge is -2.11. The number of nitrogens with zero attached hydrogens (tertiary/aromatic N) is 1. The van der Waals surface area contributed by atoms with Gasteiger partial charge in [-0.2, -0.15) is 0 Å². The Morgan fingerprint density at radius 2 is 1.94 bits per heavy atom. The van der Waals surface area contributed by atoms with Crippen LogP contribution in [-0.2, 0) is 6.54 Å². The first-order valence-corrected chi connectivity index (χ1v) is 11.6. The molecule has 8 heteroatoms. The minimum Gasteiger partial charge on any atom is -0.397 e. The van der Waals surface area contributed by atoms with E-state index in [1.807, 2.05) is 41.8 Å². The maximum atomic E-state index is 13.7. The summed E-state index contributed by atoms with van der Waals surface area (Å²) in [7, 11) is 0. The Bertz CT molecular complexity index is 1440. The summed E-state index contributed by atoms with van der Waals surface area (Å²) in [6, 6.07) is 20.1. The highest BCUT2D eigenvalue weighted by atomic mass is 32.1. The van der Waals surface area contributed by atoms with Crippen LogP contribution in [0.3, 0.4) is 0 Å². The number of nitrogens with two attached hydrogens (primary N) is 1. The van der Waals surface area contributed by atoms with Gasteiger partial charge >= 0.3 is 0 Å². The predicted molar refractivity (Wildman–Crippen MR) is 137 cm³/mol. The topological polar surface area (TPSA) is 95.8 Å². The average molecular weight is 472 g/mol. The molecule has 2 heterocycles. The zero-order chi connectivity index (χ0) is 23.7. The van der Waals surface area contributed by atoms with E-state index in [1.165, 1.54) is 6.07 Å². The minimum atomic E-state index is -0.278. The zero-order valence-electron chi connectivity index (χ0n) is 18.4. The highest BCUT2D eigenvalue weighted by Crippen LogP contribution is 2.30. The van der Waals surface area contributed by atoms with Crippen molar-refractivity contribution in [2.24, 2.45) is 0 Å². The van der Waals surface area contributed by atoms with E-state index in [0.29, 0.717) is 40.5 Å². The Morgan fingerprint density at radius 1 is 1.12 bits per heavy atom. The van der Waals surface area contributed by atoms with Gasteiger partial charge in [0.1, 0.15) is 5.82 Å². The number of fused-ring (bicyclic) bond motifs is 1. The maximum Gasteiger partial charge on any atom is 0.255 e. The van der Waals surface area contributed by atoms with Gasteiger partial charge in [-0.15, -0.1) is 11.3 Å². The van der Waals surface area contributed by atoms with Crippen LogP contribution in [0.5, 0.6) is 0 Å². The van der Waals surface area contributed by atoms with Crippen molar-refractivity contribution in [2.75, 3.05) is 16.4 Å². The normalized spacial score (nSPS) is 11.0. The average Bonchev–Trinajstić information content (AvgIpc) is 3.50. The Morgan fingerprint density at radius 3 is 2.71 bits per heavy atom. The quantitative estimate of drug-likeness (QED) is 0.222. The summed E-state index contributed by atoms with van der Waals surface area (Å²) in [4.78, 5) is 21.4. The molecule has 5 aromatic rings. The molecule has 2 aromatic heterocycles. The van der Waals surface area contributed by atoms with E-state index in [-0.39, 0.29) is 11.7 Å². The van der Waals surface area contributed by atoms with Gasteiger partial charge in [0.2, 0.25) is 5.95 Å². The largest absolute Gasteiger partial charge is 0.397 e. The fourth-order valence-electron chi connectivity index (χ4n) is 3.64. The fraction of sp³-hybridized carbons (Fsp3) is 0.0769. The number of halogens is 1. The summed E-state index contributed by atoms with van der Waals surface area (Å²) >= 11 is 1.63. The molecule has 0 bridgehead atoms. The van der Waals surface area contributed by atoms with Crippen LogP contribution in [0.25, 0.3) is 21.5 Å². The first kappa shape index (κ1) is 21.7. The number of anilines is 3. The van der Waals surface area contributed by atoms with Crippen LogP contribution in [0.2, 0.25) is 0 Å². The molecule has 5 N–H and O–H groups in total. The highest BCUT2D eigenvalue weighted by Gasteiger charge is 2.11. The molecule has 5 rings (SSSR count). The number of rotatable bonds is 6. The number of nitrogens with one attached hydrogen (secondary N) is 3. The van der Waals surface area contributed by atoms with Crippen molar-refractivity contribution in [1.82, 2.24) is 9.97 Å². The number of aromatic amines is 1. The molecule has 0 saturated heterocycles. The van der Waals surface area contributed by atoms with Gasteiger partial charge in [-0.05, 0) is 65.4 Å². The first-order chi connectivity index (χ1) is 16.5. The highest BCUT2D eigenvalue weighted by molar-refractivity contribution is 7.13. The molecule has 0 atom stereocenters. The van der Waals surface area contributed by atoms with Gasteiger partial charge in [0.05, 0.1) is 22.4 Å². The van der Waals surface area contributed by atoms with Gasteiger partial charge in [0, 0.05) is 23.1 Å². The van der Waals surface area contributed by atoms with Crippen molar-refractivity contribution in [3.63, 3.8) is 0 Å². The number of nitrogen functional groups attached to an aromatic ring is 1.